The quantitative estimate of drug-likeness (QED) is 0.238. The molecule has 176 valence electrons. The summed E-state index contributed by atoms with van der Waals surface area (Å²) in [5.41, 5.74) is 11.5. The van der Waals surface area contributed by atoms with E-state index in [1.165, 1.54) is 50.4 Å². The molecule has 0 fully saturated rings. The third-order valence-electron chi connectivity index (χ3n) is 6.40. The summed E-state index contributed by atoms with van der Waals surface area (Å²) in [6.07, 6.45) is 10.5. The van der Waals surface area contributed by atoms with Gasteiger partial charge in [0.25, 0.3) is 0 Å². The Morgan fingerprint density at radius 3 is 2.20 bits per heavy atom. The molecule has 0 aliphatic rings. The van der Waals surface area contributed by atoms with E-state index in [-0.39, 0.29) is 0 Å². The highest BCUT2D eigenvalue weighted by atomic mass is 15.1. The molecule has 0 saturated heterocycles. The zero-order chi connectivity index (χ0) is 24.6. The molecule has 0 bridgehead atoms. The normalized spacial score (nSPS) is 11.4. The fraction of sp³-hybridized carbons (Fsp3) is 0.176. The van der Waals surface area contributed by atoms with E-state index in [2.05, 4.69) is 142 Å². The Morgan fingerprint density at radius 2 is 1.49 bits per heavy atom. The summed E-state index contributed by atoms with van der Waals surface area (Å²) in [7, 11) is 0. The summed E-state index contributed by atoms with van der Waals surface area (Å²) in [5.74, 6) is 0. The number of para-hydroxylation sites is 1. The minimum absolute atomic E-state index is 0.910. The Morgan fingerprint density at radius 1 is 0.714 bits per heavy atom. The van der Waals surface area contributed by atoms with E-state index >= 15 is 0 Å². The first-order valence-electron chi connectivity index (χ1n) is 12.5. The van der Waals surface area contributed by atoms with Gasteiger partial charge in [0.05, 0.1) is 5.69 Å². The van der Waals surface area contributed by atoms with Crippen LogP contribution >= 0.6 is 0 Å². The Kier molecular flexibility index (Phi) is 8.00. The van der Waals surface area contributed by atoms with Gasteiger partial charge in [0.15, 0.2) is 0 Å². The van der Waals surface area contributed by atoms with E-state index in [1.807, 2.05) is 6.07 Å². The molecule has 0 aliphatic carbocycles. The molecule has 0 unspecified atom stereocenters. The van der Waals surface area contributed by atoms with Gasteiger partial charge in [0, 0.05) is 11.4 Å². The molecular formula is C34H35N. The number of benzene rings is 4. The second-order valence-corrected chi connectivity index (χ2v) is 9.13. The molecule has 35 heavy (non-hydrogen) atoms. The van der Waals surface area contributed by atoms with Crippen molar-refractivity contribution in [3.63, 3.8) is 0 Å². The second-order valence-electron chi connectivity index (χ2n) is 9.13. The molecule has 4 aromatic rings. The lowest BCUT2D eigenvalue weighted by atomic mass is 10.0. The van der Waals surface area contributed by atoms with Gasteiger partial charge < -0.3 is 4.90 Å². The number of aryl methyl sites for hydroxylation is 4. The molecule has 0 atom stereocenters. The molecule has 1 heteroatoms. The molecule has 0 amide bonds. The monoisotopic (exact) mass is 457 g/mol. The lowest BCUT2D eigenvalue weighted by Gasteiger charge is -2.30. The predicted octanol–water partition coefficient (Wildman–Crippen LogP) is 9.46. The number of nitrogens with zero attached hydrogens (tertiary/aromatic N) is 1. The van der Waals surface area contributed by atoms with Gasteiger partial charge in [-0.25, -0.2) is 0 Å². The van der Waals surface area contributed by atoms with Crippen molar-refractivity contribution < 1.29 is 0 Å². The van der Waals surface area contributed by atoms with E-state index in [0.29, 0.717) is 0 Å². The van der Waals surface area contributed by atoms with Crippen molar-refractivity contribution in [2.24, 2.45) is 0 Å². The number of allylic oxidation sites excluding steroid dienone is 3. The Balaban J connectivity index is 1.61. The van der Waals surface area contributed by atoms with E-state index in [1.54, 1.807) is 0 Å². The topological polar surface area (TPSA) is 3.24 Å². The van der Waals surface area contributed by atoms with Crippen LogP contribution in [0.4, 0.5) is 17.1 Å². The van der Waals surface area contributed by atoms with Crippen molar-refractivity contribution in [2.45, 2.75) is 40.5 Å². The molecule has 0 spiro atoms. The van der Waals surface area contributed by atoms with E-state index < -0.39 is 0 Å². The number of anilines is 3. The Hall–Kier alpha value is -3.84. The molecule has 0 N–H and O–H groups in total. The predicted molar refractivity (Wildman–Crippen MR) is 153 cm³/mol. The first-order valence-corrected chi connectivity index (χ1v) is 12.5. The molecule has 0 aliphatic heterocycles. The van der Waals surface area contributed by atoms with Gasteiger partial charge in [0.1, 0.15) is 0 Å². The van der Waals surface area contributed by atoms with Gasteiger partial charge in [-0.05, 0) is 79.6 Å². The molecule has 0 radical (unpaired) electrons. The van der Waals surface area contributed by atoms with Crippen LogP contribution in [0.5, 0.6) is 0 Å². The van der Waals surface area contributed by atoms with Gasteiger partial charge in [-0.2, -0.15) is 0 Å². The largest absolute Gasteiger partial charge is 0.310 e. The molecular weight excluding hydrogens is 422 g/mol. The summed E-state index contributed by atoms with van der Waals surface area (Å²) in [5, 5.41) is 0. The molecule has 1 nitrogen and oxygen atoms in total. The maximum absolute atomic E-state index is 2.44. The van der Waals surface area contributed by atoms with Gasteiger partial charge in [0.2, 0.25) is 0 Å². The Labute approximate surface area is 211 Å². The van der Waals surface area contributed by atoms with E-state index in [9.17, 15) is 0 Å². The van der Waals surface area contributed by atoms with Crippen molar-refractivity contribution in [2.75, 3.05) is 4.90 Å². The summed E-state index contributed by atoms with van der Waals surface area (Å²) in [6.45, 7) is 8.82. The lowest BCUT2D eigenvalue weighted by molar-refractivity contribution is 1.10. The van der Waals surface area contributed by atoms with E-state index in [0.717, 1.165) is 12.8 Å². The SMILES string of the molecule is CCc1cccc(C)c1N(c1ccc(CC=CC=Cc2ccccc2)cc1)c1ccc(C)cc1C. The van der Waals surface area contributed by atoms with Gasteiger partial charge >= 0.3 is 0 Å². The maximum Gasteiger partial charge on any atom is 0.0522 e. The van der Waals surface area contributed by atoms with Crippen LogP contribution in [0.3, 0.4) is 0 Å². The fourth-order valence-electron chi connectivity index (χ4n) is 4.56. The average molecular weight is 458 g/mol. The molecule has 4 rings (SSSR count). The van der Waals surface area contributed by atoms with Gasteiger partial charge in [-0.3, -0.25) is 0 Å². The highest BCUT2D eigenvalue weighted by Gasteiger charge is 2.19. The zero-order valence-corrected chi connectivity index (χ0v) is 21.3. The second kappa shape index (κ2) is 11.5. The van der Waals surface area contributed by atoms with Crippen LogP contribution in [0.15, 0.2) is 109 Å². The standard InChI is InChI=1S/C34H35N/c1-5-31-18-12-13-27(3)34(31)35(33-24-19-26(2)25-28(33)4)32-22-20-30(21-23-32)17-11-7-10-16-29-14-8-6-9-15-29/h6-16,18-25H,5,17H2,1-4H3. The first kappa shape index (κ1) is 24.3. The number of hydrogen-bond acceptors (Lipinski definition) is 1. The van der Waals surface area contributed by atoms with Crippen LogP contribution in [0.25, 0.3) is 6.08 Å². The minimum Gasteiger partial charge on any atom is -0.310 e. The van der Waals surface area contributed by atoms with Crippen LogP contribution < -0.4 is 4.90 Å². The van der Waals surface area contributed by atoms with Crippen molar-refractivity contribution in [3.05, 3.63) is 143 Å². The Bertz CT molecular complexity index is 1310. The molecule has 0 heterocycles. The fourth-order valence-corrected chi connectivity index (χ4v) is 4.56. The third-order valence-corrected chi connectivity index (χ3v) is 6.40. The van der Waals surface area contributed by atoms with Crippen molar-refractivity contribution in [1.82, 2.24) is 0 Å². The van der Waals surface area contributed by atoms with Crippen LogP contribution in [0.2, 0.25) is 0 Å². The van der Waals surface area contributed by atoms with E-state index in [4.69, 9.17) is 0 Å². The van der Waals surface area contributed by atoms with Crippen LogP contribution in [0, 0.1) is 20.8 Å². The van der Waals surface area contributed by atoms with Crippen molar-refractivity contribution >= 4 is 23.1 Å². The van der Waals surface area contributed by atoms with Crippen LogP contribution in [0.1, 0.15) is 40.3 Å². The molecule has 4 aromatic carbocycles. The van der Waals surface area contributed by atoms with Gasteiger partial charge in [-0.1, -0.05) is 110 Å². The lowest BCUT2D eigenvalue weighted by Crippen LogP contribution is -2.15. The van der Waals surface area contributed by atoms with Crippen LogP contribution in [-0.2, 0) is 12.8 Å². The molecule has 0 saturated carbocycles. The summed E-state index contributed by atoms with van der Waals surface area (Å²) >= 11 is 0. The van der Waals surface area contributed by atoms with Crippen LogP contribution in [-0.4, -0.2) is 0 Å². The summed E-state index contributed by atoms with van der Waals surface area (Å²) in [4.78, 5) is 2.44. The summed E-state index contributed by atoms with van der Waals surface area (Å²) in [6, 6.07) is 32.8. The highest BCUT2D eigenvalue weighted by Crippen LogP contribution is 2.40. The average Bonchev–Trinajstić information content (AvgIpc) is 2.87. The first-order chi connectivity index (χ1) is 17.1. The number of rotatable bonds is 8. The maximum atomic E-state index is 2.44. The smallest absolute Gasteiger partial charge is 0.0522 e. The van der Waals surface area contributed by atoms with Crippen molar-refractivity contribution in [1.29, 1.82) is 0 Å². The van der Waals surface area contributed by atoms with Gasteiger partial charge in [-0.15, -0.1) is 0 Å². The van der Waals surface area contributed by atoms with Crippen molar-refractivity contribution in [3.8, 4) is 0 Å². The third kappa shape index (κ3) is 6.00. The zero-order valence-electron chi connectivity index (χ0n) is 21.3. The molecule has 0 aromatic heterocycles. The number of hydrogen-bond donors (Lipinski definition) is 0. The highest BCUT2D eigenvalue weighted by molar-refractivity contribution is 5.82. The minimum atomic E-state index is 0.910. The summed E-state index contributed by atoms with van der Waals surface area (Å²) < 4.78 is 0.